The zero-order chi connectivity index (χ0) is 8.16. The normalized spacial score (nSPS) is 35.4. The van der Waals surface area contributed by atoms with E-state index in [9.17, 15) is 4.79 Å². The summed E-state index contributed by atoms with van der Waals surface area (Å²) in [7, 11) is 0. The summed E-state index contributed by atoms with van der Waals surface area (Å²) in [4.78, 5) is 10.7. The fourth-order valence-corrected chi connectivity index (χ4v) is 1.52. The summed E-state index contributed by atoms with van der Waals surface area (Å²) in [5, 5.41) is 0. The number of allylic oxidation sites excluding steroid dienone is 2. The molecule has 0 aromatic rings. The van der Waals surface area contributed by atoms with Gasteiger partial charge in [0.25, 0.3) is 0 Å². The Morgan fingerprint density at radius 2 is 2.00 bits per heavy atom. The Morgan fingerprint density at radius 3 is 2.73 bits per heavy atom. The molecular weight excluding hydrogens is 136 g/mol. The van der Waals surface area contributed by atoms with E-state index < -0.39 is 0 Å². The van der Waals surface area contributed by atoms with Crippen LogP contribution in [0.3, 0.4) is 0 Å². The minimum Gasteiger partial charge on any atom is -0.303 e. The van der Waals surface area contributed by atoms with E-state index in [4.69, 9.17) is 0 Å². The zero-order valence-corrected chi connectivity index (χ0v) is 7.18. The van der Waals surface area contributed by atoms with Gasteiger partial charge in [-0.2, -0.15) is 0 Å². The Hall–Kier alpha value is -0.590. The van der Waals surface area contributed by atoms with Crippen LogP contribution in [0.15, 0.2) is 12.2 Å². The highest BCUT2D eigenvalue weighted by Gasteiger charge is 2.22. The summed E-state index contributed by atoms with van der Waals surface area (Å²) in [6.07, 6.45) is 11.0. The number of carbonyl (C=O) groups is 1. The van der Waals surface area contributed by atoms with E-state index in [2.05, 4.69) is 19.1 Å². The van der Waals surface area contributed by atoms with Crippen molar-refractivity contribution >= 4 is 6.29 Å². The Kier molecular flexibility index (Phi) is 2.86. The molecule has 1 nitrogen and oxygen atoms in total. The van der Waals surface area contributed by atoms with Gasteiger partial charge in [0.05, 0.1) is 0 Å². The number of hydrogen-bond acceptors (Lipinski definition) is 1. The highest BCUT2D eigenvalue weighted by atomic mass is 16.1. The van der Waals surface area contributed by atoms with E-state index in [0.717, 1.165) is 38.4 Å². The first-order valence-corrected chi connectivity index (χ1v) is 4.38. The Labute approximate surface area is 68.5 Å². The van der Waals surface area contributed by atoms with Crippen LogP contribution in [0.1, 0.15) is 39.0 Å². The van der Waals surface area contributed by atoms with Gasteiger partial charge in [0, 0.05) is 5.41 Å². The standard InChI is InChI=1S/C10H16O/c1-10(9-11)7-5-3-2-4-6-8-10/h2-3,9H,4-8H2,1H3/b3-2+/t10-/m0/s1. The topological polar surface area (TPSA) is 17.1 Å². The lowest BCUT2D eigenvalue weighted by atomic mass is 9.81. The summed E-state index contributed by atoms with van der Waals surface area (Å²) in [5.41, 5.74) is -0.0369. The summed E-state index contributed by atoms with van der Waals surface area (Å²) in [6.45, 7) is 2.07. The zero-order valence-electron chi connectivity index (χ0n) is 7.18. The molecule has 0 amide bonds. The molecule has 1 rings (SSSR count). The fraction of sp³-hybridized carbons (Fsp3) is 0.700. The highest BCUT2D eigenvalue weighted by molar-refractivity contribution is 5.58. The molecule has 0 unspecified atom stereocenters. The molecule has 1 atom stereocenters. The van der Waals surface area contributed by atoms with Crippen LogP contribution in [0.25, 0.3) is 0 Å². The average Bonchev–Trinajstić information content (AvgIpc) is 1.98. The molecular formula is C10H16O. The van der Waals surface area contributed by atoms with Crippen molar-refractivity contribution in [2.75, 3.05) is 0 Å². The van der Waals surface area contributed by atoms with Gasteiger partial charge in [-0.3, -0.25) is 0 Å². The maximum Gasteiger partial charge on any atom is 0.125 e. The molecule has 62 valence electrons. The molecule has 1 aliphatic rings. The Bertz CT molecular complexity index is 160. The minimum absolute atomic E-state index is 0.0369. The first-order chi connectivity index (χ1) is 5.27. The molecule has 0 bridgehead atoms. The van der Waals surface area contributed by atoms with E-state index in [1.807, 2.05) is 0 Å². The van der Waals surface area contributed by atoms with Crippen LogP contribution in [0.5, 0.6) is 0 Å². The van der Waals surface area contributed by atoms with E-state index in [1.165, 1.54) is 0 Å². The molecule has 0 aromatic carbocycles. The molecule has 1 aliphatic carbocycles. The highest BCUT2D eigenvalue weighted by Crippen LogP contribution is 2.29. The maximum absolute atomic E-state index is 10.7. The van der Waals surface area contributed by atoms with Crippen molar-refractivity contribution in [1.82, 2.24) is 0 Å². The molecule has 0 aliphatic heterocycles. The van der Waals surface area contributed by atoms with Gasteiger partial charge in [0.1, 0.15) is 6.29 Å². The smallest absolute Gasteiger partial charge is 0.125 e. The third kappa shape index (κ3) is 2.49. The summed E-state index contributed by atoms with van der Waals surface area (Å²) in [6, 6.07) is 0. The second-order valence-corrected chi connectivity index (χ2v) is 3.67. The number of hydrogen-bond donors (Lipinski definition) is 0. The second kappa shape index (κ2) is 3.70. The monoisotopic (exact) mass is 152 g/mol. The first kappa shape index (κ1) is 8.51. The quantitative estimate of drug-likeness (QED) is 0.417. The summed E-state index contributed by atoms with van der Waals surface area (Å²) < 4.78 is 0. The lowest BCUT2D eigenvalue weighted by Gasteiger charge is -2.23. The molecule has 1 heteroatoms. The lowest BCUT2D eigenvalue weighted by Crippen LogP contribution is -2.18. The van der Waals surface area contributed by atoms with E-state index in [0.29, 0.717) is 0 Å². The van der Waals surface area contributed by atoms with Gasteiger partial charge in [0.15, 0.2) is 0 Å². The molecule has 11 heavy (non-hydrogen) atoms. The predicted octanol–water partition coefficient (Wildman–Crippen LogP) is 2.71. The number of rotatable bonds is 1. The molecule has 0 aromatic heterocycles. The van der Waals surface area contributed by atoms with Crippen molar-refractivity contribution in [3.05, 3.63) is 12.2 Å². The van der Waals surface area contributed by atoms with Gasteiger partial charge in [0.2, 0.25) is 0 Å². The van der Waals surface area contributed by atoms with Gasteiger partial charge in [-0.15, -0.1) is 0 Å². The van der Waals surface area contributed by atoms with Crippen molar-refractivity contribution in [2.45, 2.75) is 39.0 Å². The van der Waals surface area contributed by atoms with Crippen molar-refractivity contribution < 1.29 is 4.79 Å². The minimum atomic E-state index is -0.0369. The van der Waals surface area contributed by atoms with E-state index in [1.54, 1.807) is 0 Å². The molecule has 0 radical (unpaired) electrons. The molecule has 0 saturated heterocycles. The van der Waals surface area contributed by atoms with Crippen molar-refractivity contribution in [3.8, 4) is 0 Å². The van der Waals surface area contributed by atoms with Crippen LogP contribution in [0, 0.1) is 5.41 Å². The Morgan fingerprint density at radius 1 is 1.27 bits per heavy atom. The van der Waals surface area contributed by atoms with Gasteiger partial charge in [-0.1, -0.05) is 19.1 Å². The Balaban J connectivity index is 2.54. The molecule has 0 fully saturated rings. The van der Waals surface area contributed by atoms with Crippen LogP contribution in [-0.2, 0) is 4.79 Å². The van der Waals surface area contributed by atoms with Crippen LogP contribution < -0.4 is 0 Å². The molecule has 0 saturated carbocycles. The van der Waals surface area contributed by atoms with E-state index >= 15 is 0 Å². The largest absolute Gasteiger partial charge is 0.303 e. The van der Waals surface area contributed by atoms with Gasteiger partial charge < -0.3 is 4.79 Å². The molecule has 0 N–H and O–H groups in total. The molecule has 0 heterocycles. The fourth-order valence-electron chi connectivity index (χ4n) is 1.52. The van der Waals surface area contributed by atoms with Gasteiger partial charge in [-0.25, -0.2) is 0 Å². The average molecular weight is 152 g/mol. The van der Waals surface area contributed by atoms with Crippen LogP contribution in [0.2, 0.25) is 0 Å². The predicted molar refractivity (Wildman–Crippen MR) is 46.4 cm³/mol. The lowest BCUT2D eigenvalue weighted by molar-refractivity contribution is -0.116. The number of aldehydes is 1. The van der Waals surface area contributed by atoms with Crippen LogP contribution >= 0.6 is 0 Å². The molecule has 0 spiro atoms. The first-order valence-electron chi connectivity index (χ1n) is 4.38. The van der Waals surface area contributed by atoms with E-state index in [-0.39, 0.29) is 5.41 Å². The van der Waals surface area contributed by atoms with Gasteiger partial charge in [-0.05, 0) is 32.1 Å². The van der Waals surface area contributed by atoms with Crippen molar-refractivity contribution in [1.29, 1.82) is 0 Å². The summed E-state index contributed by atoms with van der Waals surface area (Å²) in [5.74, 6) is 0. The van der Waals surface area contributed by atoms with Crippen LogP contribution in [0.4, 0.5) is 0 Å². The third-order valence-electron chi connectivity index (χ3n) is 2.45. The van der Waals surface area contributed by atoms with Crippen LogP contribution in [-0.4, -0.2) is 6.29 Å². The van der Waals surface area contributed by atoms with Crippen molar-refractivity contribution in [3.63, 3.8) is 0 Å². The van der Waals surface area contributed by atoms with Crippen molar-refractivity contribution in [2.24, 2.45) is 5.41 Å². The SMILES string of the molecule is C[C@]1(C=O)CC/C=C/CCC1. The third-order valence-corrected chi connectivity index (χ3v) is 2.45. The second-order valence-electron chi connectivity index (χ2n) is 3.67. The van der Waals surface area contributed by atoms with Gasteiger partial charge >= 0.3 is 0 Å². The maximum atomic E-state index is 10.7. The number of carbonyl (C=O) groups excluding carboxylic acids is 1. The summed E-state index contributed by atoms with van der Waals surface area (Å²) >= 11 is 0.